The lowest BCUT2D eigenvalue weighted by Gasteiger charge is -2.18. The van der Waals surface area contributed by atoms with E-state index in [1.165, 1.54) is 109 Å². The number of esters is 3. The lowest BCUT2D eigenvalue weighted by atomic mass is 10.0. The van der Waals surface area contributed by atoms with Crippen LogP contribution < -0.4 is 0 Å². The highest BCUT2D eigenvalue weighted by Gasteiger charge is 2.19. The van der Waals surface area contributed by atoms with Crippen molar-refractivity contribution in [2.45, 2.75) is 220 Å². The van der Waals surface area contributed by atoms with Crippen LogP contribution in [0.15, 0.2) is 0 Å². The molecule has 6 heteroatoms. The number of unbranched alkanes of at least 4 members (excludes halogenated alkanes) is 22. The van der Waals surface area contributed by atoms with Gasteiger partial charge >= 0.3 is 17.9 Å². The molecule has 0 saturated carbocycles. The Kier molecular flexibility index (Phi) is 33.5. The summed E-state index contributed by atoms with van der Waals surface area (Å²) >= 11 is 0. The van der Waals surface area contributed by atoms with Gasteiger partial charge in [-0.2, -0.15) is 0 Å². The molecule has 0 rings (SSSR count). The summed E-state index contributed by atoms with van der Waals surface area (Å²) in [5, 5.41) is 0. The maximum atomic E-state index is 12.6. The molecule has 0 radical (unpaired) electrons. The lowest BCUT2D eigenvalue weighted by molar-refractivity contribution is -0.167. The van der Waals surface area contributed by atoms with Gasteiger partial charge in [0.1, 0.15) is 13.2 Å². The number of rotatable bonds is 35. The summed E-state index contributed by atoms with van der Waals surface area (Å²) in [6, 6.07) is 0. The van der Waals surface area contributed by atoms with Crippen molar-refractivity contribution in [1.82, 2.24) is 0 Å². The molecular formula is C40H76O6. The van der Waals surface area contributed by atoms with Crippen molar-refractivity contribution in [1.29, 1.82) is 0 Å². The Morgan fingerprint density at radius 1 is 0.413 bits per heavy atom. The largest absolute Gasteiger partial charge is 0.462 e. The van der Waals surface area contributed by atoms with E-state index in [2.05, 4.69) is 27.7 Å². The van der Waals surface area contributed by atoms with Crippen LogP contribution in [0.2, 0.25) is 0 Å². The van der Waals surface area contributed by atoms with Crippen LogP contribution in [0, 0.1) is 5.92 Å². The van der Waals surface area contributed by atoms with Crippen molar-refractivity contribution in [2.75, 3.05) is 13.2 Å². The van der Waals surface area contributed by atoms with E-state index < -0.39 is 6.10 Å². The fourth-order valence-corrected chi connectivity index (χ4v) is 5.74. The third kappa shape index (κ3) is 33.8. The van der Waals surface area contributed by atoms with E-state index in [0.29, 0.717) is 19.3 Å². The van der Waals surface area contributed by atoms with Gasteiger partial charge in [-0.25, -0.2) is 0 Å². The third-order valence-corrected chi connectivity index (χ3v) is 8.79. The highest BCUT2D eigenvalue weighted by Crippen LogP contribution is 2.15. The van der Waals surface area contributed by atoms with E-state index in [1.54, 1.807) is 0 Å². The quantitative estimate of drug-likeness (QED) is 0.0385. The zero-order valence-corrected chi connectivity index (χ0v) is 31.0. The van der Waals surface area contributed by atoms with Crippen LogP contribution in [0.25, 0.3) is 0 Å². The zero-order valence-electron chi connectivity index (χ0n) is 31.0. The molecule has 0 spiro atoms. The predicted octanol–water partition coefficient (Wildman–Crippen LogP) is 12.0. The Hall–Kier alpha value is -1.59. The first-order valence-electron chi connectivity index (χ1n) is 19.9. The van der Waals surface area contributed by atoms with Crippen molar-refractivity contribution >= 4 is 17.9 Å². The van der Waals surface area contributed by atoms with Gasteiger partial charge in [-0.15, -0.1) is 0 Å². The van der Waals surface area contributed by atoms with Gasteiger partial charge in [0.05, 0.1) is 0 Å². The van der Waals surface area contributed by atoms with Crippen molar-refractivity contribution in [3.8, 4) is 0 Å². The van der Waals surface area contributed by atoms with Crippen LogP contribution >= 0.6 is 0 Å². The molecule has 0 bridgehead atoms. The Bertz CT molecular complexity index is 691. The Labute approximate surface area is 285 Å². The summed E-state index contributed by atoms with van der Waals surface area (Å²) in [6.45, 7) is 8.88. The molecule has 0 aromatic heterocycles. The Morgan fingerprint density at radius 3 is 1.07 bits per heavy atom. The second-order valence-corrected chi connectivity index (χ2v) is 14.0. The second-order valence-electron chi connectivity index (χ2n) is 14.0. The number of carbonyl (C=O) groups excluding carboxylic acids is 3. The molecule has 0 aromatic rings. The van der Waals surface area contributed by atoms with E-state index in [1.807, 2.05) is 0 Å². The van der Waals surface area contributed by atoms with E-state index in [-0.39, 0.29) is 31.1 Å². The monoisotopic (exact) mass is 653 g/mol. The van der Waals surface area contributed by atoms with Gasteiger partial charge in [0.25, 0.3) is 0 Å². The molecule has 0 N–H and O–H groups in total. The van der Waals surface area contributed by atoms with E-state index in [0.717, 1.165) is 63.7 Å². The number of hydrogen-bond acceptors (Lipinski definition) is 6. The Morgan fingerprint density at radius 2 is 0.717 bits per heavy atom. The lowest BCUT2D eigenvalue weighted by Crippen LogP contribution is -2.30. The van der Waals surface area contributed by atoms with Gasteiger partial charge in [-0.3, -0.25) is 14.4 Å². The standard InChI is InChI=1S/C40H76O6/c1-5-7-9-11-13-15-19-23-27-31-38(41)44-34-37(46-40(43)33-29-25-20-16-14-12-10-8-6-2)35-45-39(42)32-28-24-21-17-18-22-26-30-36(3)4/h36-37H,5-35H2,1-4H3/t37-/m0/s1. The SMILES string of the molecule is CCCCCCCCCCCC(=O)OC[C@@H](COC(=O)CCCCCCCCCC(C)C)OC(=O)CCCCCCCCCCC. The number of carbonyl (C=O) groups is 3. The molecule has 0 heterocycles. The second kappa shape index (κ2) is 34.7. The molecule has 6 nitrogen and oxygen atoms in total. The molecule has 0 unspecified atom stereocenters. The molecule has 272 valence electrons. The van der Waals surface area contributed by atoms with Crippen LogP contribution in [-0.4, -0.2) is 37.2 Å². The fraction of sp³-hybridized carbons (Fsp3) is 0.925. The number of ether oxygens (including phenoxy) is 3. The molecule has 0 amide bonds. The first kappa shape index (κ1) is 44.4. The third-order valence-electron chi connectivity index (χ3n) is 8.79. The van der Waals surface area contributed by atoms with Crippen molar-refractivity contribution in [3.63, 3.8) is 0 Å². The molecule has 0 aliphatic carbocycles. The topological polar surface area (TPSA) is 78.9 Å². The van der Waals surface area contributed by atoms with Crippen LogP contribution in [0.1, 0.15) is 214 Å². The Balaban J connectivity index is 4.35. The zero-order chi connectivity index (χ0) is 33.9. The highest BCUT2D eigenvalue weighted by atomic mass is 16.6. The highest BCUT2D eigenvalue weighted by molar-refractivity contribution is 5.71. The van der Waals surface area contributed by atoms with Gasteiger partial charge in [0, 0.05) is 19.3 Å². The van der Waals surface area contributed by atoms with Gasteiger partial charge in [-0.1, -0.05) is 175 Å². The molecule has 0 aliphatic heterocycles. The molecule has 0 aliphatic rings. The molecule has 0 saturated heterocycles. The first-order valence-corrected chi connectivity index (χ1v) is 19.9. The molecule has 0 aromatic carbocycles. The van der Waals surface area contributed by atoms with Crippen LogP contribution in [-0.2, 0) is 28.6 Å². The minimum absolute atomic E-state index is 0.0656. The van der Waals surface area contributed by atoms with E-state index in [4.69, 9.17) is 14.2 Å². The summed E-state index contributed by atoms with van der Waals surface area (Å²) in [4.78, 5) is 37.3. The number of hydrogen-bond donors (Lipinski definition) is 0. The molecule has 46 heavy (non-hydrogen) atoms. The fourth-order valence-electron chi connectivity index (χ4n) is 5.74. The van der Waals surface area contributed by atoms with Gasteiger partial charge in [0.15, 0.2) is 6.10 Å². The average molecular weight is 653 g/mol. The average Bonchev–Trinajstić information content (AvgIpc) is 3.03. The van der Waals surface area contributed by atoms with Gasteiger partial charge < -0.3 is 14.2 Å². The molecule has 0 fully saturated rings. The van der Waals surface area contributed by atoms with Gasteiger partial charge in [0.2, 0.25) is 0 Å². The summed E-state index contributed by atoms with van der Waals surface area (Å²) in [5.41, 5.74) is 0. The molecular weight excluding hydrogens is 576 g/mol. The maximum absolute atomic E-state index is 12.6. The minimum Gasteiger partial charge on any atom is -0.462 e. The van der Waals surface area contributed by atoms with Crippen molar-refractivity contribution < 1.29 is 28.6 Å². The summed E-state index contributed by atoms with van der Waals surface area (Å²) in [5.74, 6) is -0.0887. The smallest absolute Gasteiger partial charge is 0.306 e. The van der Waals surface area contributed by atoms with Crippen LogP contribution in [0.3, 0.4) is 0 Å². The van der Waals surface area contributed by atoms with E-state index >= 15 is 0 Å². The van der Waals surface area contributed by atoms with Gasteiger partial charge in [-0.05, 0) is 25.2 Å². The summed E-state index contributed by atoms with van der Waals surface area (Å²) in [7, 11) is 0. The first-order chi connectivity index (χ1) is 22.4. The van der Waals surface area contributed by atoms with Crippen LogP contribution in [0.5, 0.6) is 0 Å². The summed E-state index contributed by atoms with van der Waals surface area (Å²) in [6.07, 6.45) is 31.0. The predicted molar refractivity (Wildman–Crippen MR) is 192 cm³/mol. The van der Waals surface area contributed by atoms with Crippen molar-refractivity contribution in [3.05, 3.63) is 0 Å². The summed E-state index contributed by atoms with van der Waals surface area (Å²) < 4.78 is 16.6. The molecule has 1 atom stereocenters. The van der Waals surface area contributed by atoms with Crippen molar-refractivity contribution in [2.24, 2.45) is 5.92 Å². The van der Waals surface area contributed by atoms with Crippen LogP contribution in [0.4, 0.5) is 0 Å². The normalized spacial score (nSPS) is 11.9. The van der Waals surface area contributed by atoms with E-state index in [9.17, 15) is 14.4 Å². The minimum atomic E-state index is -0.757. The maximum Gasteiger partial charge on any atom is 0.306 e.